The molecular weight excluding hydrogens is 330 g/mol. The lowest BCUT2D eigenvalue weighted by atomic mass is 10.1. The van der Waals surface area contributed by atoms with Gasteiger partial charge in [0, 0.05) is 68.5 Å². The zero-order valence-corrected chi connectivity index (χ0v) is 15.9. The molecule has 25 heavy (non-hydrogen) atoms. The summed E-state index contributed by atoms with van der Waals surface area (Å²) in [6, 6.07) is 5.22. The molecule has 2 aliphatic rings. The first-order valence-corrected chi connectivity index (χ1v) is 10.1. The molecule has 0 bridgehead atoms. The zero-order valence-electron chi connectivity index (χ0n) is 15.1. The maximum Gasteiger partial charge on any atom is 0.107 e. The molecule has 1 fully saturated rings. The van der Waals surface area contributed by atoms with Gasteiger partial charge in [-0.3, -0.25) is 14.8 Å². The molecule has 1 saturated heterocycles. The van der Waals surface area contributed by atoms with Crippen molar-refractivity contribution in [1.82, 2.24) is 25.1 Å². The number of aromatic nitrogens is 2. The van der Waals surface area contributed by atoms with Gasteiger partial charge in [-0.2, -0.15) is 0 Å². The fourth-order valence-corrected chi connectivity index (χ4v) is 4.95. The Morgan fingerprint density at radius 2 is 2.28 bits per heavy atom. The molecule has 4 rings (SSSR count). The minimum absolute atomic E-state index is 0.385. The van der Waals surface area contributed by atoms with Gasteiger partial charge >= 0.3 is 0 Å². The summed E-state index contributed by atoms with van der Waals surface area (Å²) < 4.78 is 0. The highest BCUT2D eigenvalue weighted by Gasteiger charge is 2.27. The summed E-state index contributed by atoms with van der Waals surface area (Å²) in [5, 5.41) is 4.79. The molecule has 0 aromatic carbocycles. The summed E-state index contributed by atoms with van der Waals surface area (Å²) in [5.74, 6) is 0. The van der Waals surface area contributed by atoms with E-state index in [1.165, 1.54) is 21.1 Å². The quantitative estimate of drug-likeness (QED) is 0.911. The third-order valence-electron chi connectivity index (χ3n) is 5.30. The molecule has 2 aromatic rings. The fourth-order valence-electron chi connectivity index (χ4n) is 3.79. The Labute approximate surface area is 154 Å². The van der Waals surface area contributed by atoms with E-state index in [0.717, 1.165) is 45.7 Å². The first-order valence-electron chi connectivity index (χ1n) is 9.27. The molecule has 1 unspecified atom stereocenters. The Bertz CT molecular complexity index is 699. The van der Waals surface area contributed by atoms with Gasteiger partial charge < -0.3 is 5.32 Å². The van der Waals surface area contributed by atoms with Crippen molar-refractivity contribution in [3.63, 3.8) is 0 Å². The molecule has 0 aliphatic carbocycles. The molecule has 6 heteroatoms. The van der Waals surface area contributed by atoms with Crippen LogP contribution in [0, 0.1) is 0 Å². The number of hydrogen-bond acceptors (Lipinski definition) is 6. The van der Waals surface area contributed by atoms with E-state index in [-0.39, 0.29) is 0 Å². The van der Waals surface area contributed by atoms with Crippen molar-refractivity contribution in [2.75, 3.05) is 26.2 Å². The number of piperazine rings is 1. The summed E-state index contributed by atoms with van der Waals surface area (Å²) >= 11 is 1.92. The van der Waals surface area contributed by atoms with Crippen molar-refractivity contribution in [1.29, 1.82) is 0 Å². The minimum atomic E-state index is 0.385. The van der Waals surface area contributed by atoms with Crippen molar-refractivity contribution in [2.45, 2.75) is 45.4 Å². The smallest absolute Gasteiger partial charge is 0.107 e. The van der Waals surface area contributed by atoms with Crippen LogP contribution < -0.4 is 5.32 Å². The van der Waals surface area contributed by atoms with Crippen LogP contribution in [0.1, 0.15) is 41.0 Å². The van der Waals surface area contributed by atoms with Crippen LogP contribution in [0.3, 0.4) is 0 Å². The molecule has 1 N–H and O–H groups in total. The Morgan fingerprint density at radius 3 is 3.08 bits per heavy atom. The van der Waals surface area contributed by atoms with Gasteiger partial charge in [0.1, 0.15) is 5.01 Å². The standard InChI is InChI=1S/C19H27N5S/c1-14(2)23-8-5-16-18(12-23)25-19(22-16)13-24-9-7-21-11-17(24)15-4-3-6-20-10-15/h3-4,6,10,14,17,21H,5,7-9,11-13H2,1-2H3. The zero-order chi connectivity index (χ0) is 17.2. The van der Waals surface area contributed by atoms with Gasteiger partial charge in [0.05, 0.1) is 12.2 Å². The summed E-state index contributed by atoms with van der Waals surface area (Å²) in [7, 11) is 0. The van der Waals surface area contributed by atoms with Gasteiger partial charge in [-0.05, 0) is 25.5 Å². The number of rotatable bonds is 4. The van der Waals surface area contributed by atoms with Gasteiger partial charge in [-0.1, -0.05) is 6.07 Å². The van der Waals surface area contributed by atoms with Gasteiger partial charge in [0.15, 0.2) is 0 Å². The van der Waals surface area contributed by atoms with Gasteiger partial charge in [-0.25, -0.2) is 4.98 Å². The van der Waals surface area contributed by atoms with Crippen LogP contribution in [0.4, 0.5) is 0 Å². The van der Waals surface area contributed by atoms with Crippen molar-refractivity contribution in [3.8, 4) is 0 Å². The first kappa shape index (κ1) is 17.1. The predicted octanol–water partition coefficient (Wildman–Crippen LogP) is 2.45. The average Bonchev–Trinajstić information content (AvgIpc) is 3.04. The third-order valence-corrected chi connectivity index (χ3v) is 6.36. The molecular formula is C19H27N5S. The molecule has 4 heterocycles. The number of hydrogen-bond donors (Lipinski definition) is 1. The van der Waals surface area contributed by atoms with Gasteiger partial charge in [0.25, 0.3) is 0 Å². The van der Waals surface area contributed by atoms with Crippen molar-refractivity contribution >= 4 is 11.3 Å². The van der Waals surface area contributed by atoms with E-state index in [0.29, 0.717) is 12.1 Å². The predicted molar refractivity (Wildman–Crippen MR) is 102 cm³/mol. The minimum Gasteiger partial charge on any atom is -0.314 e. The first-order chi connectivity index (χ1) is 12.2. The number of thiazole rings is 1. The van der Waals surface area contributed by atoms with E-state index >= 15 is 0 Å². The Hall–Kier alpha value is -1.34. The lowest BCUT2D eigenvalue weighted by molar-refractivity contribution is 0.153. The van der Waals surface area contributed by atoms with E-state index in [1.54, 1.807) is 0 Å². The van der Waals surface area contributed by atoms with E-state index in [2.05, 4.69) is 40.0 Å². The number of nitrogens with one attached hydrogen (secondary N) is 1. The maximum absolute atomic E-state index is 4.98. The van der Waals surface area contributed by atoms with Crippen LogP contribution in [0.25, 0.3) is 0 Å². The van der Waals surface area contributed by atoms with Crippen LogP contribution >= 0.6 is 11.3 Å². The maximum atomic E-state index is 4.98. The Kier molecular flexibility index (Phi) is 5.12. The van der Waals surface area contributed by atoms with E-state index in [1.807, 2.05) is 29.8 Å². The van der Waals surface area contributed by atoms with Crippen LogP contribution in [-0.4, -0.2) is 52.0 Å². The molecule has 0 saturated carbocycles. The molecule has 0 radical (unpaired) electrons. The second kappa shape index (κ2) is 7.50. The Balaban J connectivity index is 1.50. The van der Waals surface area contributed by atoms with E-state index < -0.39 is 0 Å². The normalized spacial score (nSPS) is 22.3. The van der Waals surface area contributed by atoms with Gasteiger partial charge in [0.2, 0.25) is 0 Å². The molecule has 1 atom stereocenters. The molecule has 2 aliphatic heterocycles. The fraction of sp³-hybridized carbons (Fsp3) is 0.579. The highest BCUT2D eigenvalue weighted by atomic mass is 32.1. The summed E-state index contributed by atoms with van der Waals surface area (Å²) in [6.45, 7) is 10.8. The number of pyridine rings is 1. The number of nitrogens with zero attached hydrogens (tertiary/aromatic N) is 4. The van der Waals surface area contributed by atoms with Crippen LogP contribution in [0.15, 0.2) is 24.5 Å². The van der Waals surface area contributed by atoms with E-state index in [9.17, 15) is 0 Å². The third kappa shape index (κ3) is 3.77. The SMILES string of the molecule is CC(C)N1CCc2nc(CN3CCNCC3c3cccnc3)sc2C1. The lowest BCUT2D eigenvalue weighted by Crippen LogP contribution is -2.45. The molecule has 0 spiro atoms. The second-order valence-corrected chi connectivity index (χ2v) is 8.44. The molecule has 2 aromatic heterocycles. The van der Waals surface area contributed by atoms with Crippen molar-refractivity contribution < 1.29 is 0 Å². The summed E-state index contributed by atoms with van der Waals surface area (Å²) in [6.07, 6.45) is 4.94. The largest absolute Gasteiger partial charge is 0.314 e. The highest BCUT2D eigenvalue weighted by Crippen LogP contribution is 2.29. The molecule has 5 nitrogen and oxygen atoms in total. The second-order valence-electron chi connectivity index (χ2n) is 7.27. The highest BCUT2D eigenvalue weighted by molar-refractivity contribution is 7.11. The Morgan fingerprint density at radius 1 is 1.36 bits per heavy atom. The topological polar surface area (TPSA) is 44.3 Å². The lowest BCUT2D eigenvalue weighted by Gasteiger charge is -2.35. The molecule has 0 amide bonds. The van der Waals surface area contributed by atoms with Gasteiger partial charge in [-0.15, -0.1) is 11.3 Å². The summed E-state index contributed by atoms with van der Waals surface area (Å²) in [5.41, 5.74) is 2.63. The molecule has 134 valence electrons. The summed E-state index contributed by atoms with van der Waals surface area (Å²) in [4.78, 5) is 15.9. The van der Waals surface area contributed by atoms with Crippen LogP contribution in [-0.2, 0) is 19.5 Å². The van der Waals surface area contributed by atoms with E-state index in [4.69, 9.17) is 4.98 Å². The van der Waals surface area contributed by atoms with Crippen molar-refractivity contribution in [2.24, 2.45) is 0 Å². The average molecular weight is 358 g/mol. The van der Waals surface area contributed by atoms with Crippen LogP contribution in [0.2, 0.25) is 0 Å². The van der Waals surface area contributed by atoms with Crippen LogP contribution in [0.5, 0.6) is 0 Å². The number of fused-ring (bicyclic) bond motifs is 1. The monoisotopic (exact) mass is 357 g/mol. The van der Waals surface area contributed by atoms with Crippen molar-refractivity contribution in [3.05, 3.63) is 45.7 Å².